The van der Waals surface area contributed by atoms with Gasteiger partial charge in [0.25, 0.3) is 0 Å². The summed E-state index contributed by atoms with van der Waals surface area (Å²) >= 11 is 6.11. The fourth-order valence-electron chi connectivity index (χ4n) is 1.47. The molecule has 19 heavy (non-hydrogen) atoms. The van der Waals surface area contributed by atoms with Crippen LogP contribution in [0.5, 0.6) is 6.01 Å². The van der Waals surface area contributed by atoms with Gasteiger partial charge in [-0.25, -0.2) is 0 Å². The molecule has 2 rings (SSSR count). The van der Waals surface area contributed by atoms with Crippen molar-refractivity contribution in [3.05, 3.63) is 28.8 Å². The molecule has 0 amide bonds. The second-order valence-electron chi connectivity index (χ2n) is 3.83. The zero-order valence-electron chi connectivity index (χ0n) is 10.9. The van der Waals surface area contributed by atoms with Gasteiger partial charge in [-0.3, -0.25) is 0 Å². The first-order valence-corrected chi connectivity index (χ1v) is 6.01. The Balaban J connectivity index is 2.34. The fraction of sp³-hybridized carbons (Fsp3) is 0.250. The largest absolute Gasteiger partial charge is 0.467 e. The number of hydrogen-bond donors (Lipinski definition) is 2. The molecule has 2 aromatic rings. The first-order valence-electron chi connectivity index (χ1n) is 5.63. The summed E-state index contributed by atoms with van der Waals surface area (Å²) in [4.78, 5) is 12.3. The van der Waals surface area contributed by atoms with Crippen LogP contribution in [0.4, 0.5) is 17.6 Å². The van der Waals surface area contributed by atoms with Crippen LogP contribution in [-0.4, -0.2) is 29.1 Å². The second kappa shape index (κ2) is 5.71. The third kappa shape index (κ3) is 3.23. The van der Waals surface area contributed by atoms with Gasteiger partial charge in [-0.15, -0.1) is 0 Å². The summed E-state index contributed by atoms with van der Waals surface area (Å²) in [6.45, 7) is 1.98. The van der Waals surface area contributed by atoms with E-state index in [1.807, 2.05) is 25.1 Å². The van der Waals surface area contributed by atoms with E-state index in [-0.39, 0.29) is 6.01 Å². The Morgan fingerprint density at radius 2 is 1.89 bits per heavy atom. The summed E-state index contributed by atoms with van der Waals surface area (Å²) in [5, 5.41) is 6.48. The van der Waals surface area contributed by atoms with Gasteiger partial charge in [0.2, 0.25) is 11.9 Å². The normalized spacial score (nSPS) is 10.1. The predicted molar refractivity (Wildman–Crippen MR) is 75.4 cm³/mol. The molecule has 7 heteroatoms. The van der Waals surface area contributed by atoms with E-state index in [0.29, 0.717) is 16.9 Å². The third-order valence-electron chi connectivity index (χ3n) is 2.39. The van der Waals surface area contributed by atoms with Gasteiger partial charge >= 0.3 is 6.01 Å². The molecule has 0 atom stereocenters. The Morgan fingerprint density at radius 1 is 1.16 bits per heavy atom. The van der Waals surface area contributed by atoms with Crippen molar-refractivity contribution in [3.63, 3.8) is 0 Å². The van der Waals surface area contributed by atoms with Gasteiger partial charge < -0.3 is 15.4 Å². The Morgan fingerprint density at radius 3 is 2.58 bits per heavy atom. The summed E-state index contributed by atoms with van der Waals surface area (Å²) in [6.07, 6.45) is 0. The van der Waals surface area contributed by atoms with E-state index in [9.17, 15) is 0 Å². The average molecular weight is 280 g/mol. The van der Waals surface area contributed by atoms with Crippen LogP contribution in [0.2, 0.25) is 5.02 Å². The summed E-state index contributed by atoms with van der Waals surface area (Å²) in [5.41, 5.74) is 1.82. The molecule has 0 aliphatic rings. The van der Waals surface area contributed by atoms with Gasteiger partial charge in [0, 0.05) is 7.05 Å². The molecular formula is C12H14ClN5O. The molecule has 0 aliphatic heterocycles. The maximum absolute atomic E-state index is 6.11. The van der Waals surface area contributed by atoms with Gasteiger partial charge in [0.1, 0.15) is 0 Å². The topological polar surface area (TPSA) is 72.0 Å². The van der Waals surface area contributed by atoms with Crippen LogP contribution in [0.15, 0.2) is 18.2 Å². The van der Waals surface area contributed by atoms with Gasteiger partial charge in [0.15, 0.2) is 0 Å². The Bertz CT molecular complexity index is 568. The number of nitrogens with one attached hydrogen (secondary N) is 2. The lowest BCUT2D eigenvalue weighted by molar-refractivity contribution is 0.379. The number of nitrogens with zero attached hydrogens (tertiary/aromatic N) is 3. The van der Waals surface area contributed by atoms with E-state index < -0.39 is 0 Å². The van der Waals surface area contributed by atoms with Crippen molar-refractivity contribution >= 4 is 29.2 Å². The van der Waals surface area contributed by atoms with Crippen molar-refractivity contribution in [1.29, 1.82) is 0 Å². The first-order chi connectivity index (χ1) is 9.12. The SMILES string of the molecule is CNc1nc(Nc2cc(C)ccc2Cl)nc(OC)n1. The predicted octanol–water partition coefficient (Wildman–Crippen LogP) is 2.63. The number of ether oxygens (including phenoxy) is 1. The third-order valence-corrected chi connectivity index (χ3v) is 2.72. The number of anilines is 3. The smallest absolute Gasteiger partial charge is 0.322 e. The summed E-state index contributed by atoms with van der Waals surface area (Å²) in [7, 11) is 3.22. The number of aryl methyl sites for hydroxylation is 1. The molecule has 1 aromatic carbocycles. The summed E-state index contributed by atoms with van der Waals surface area (Å²) < 4.78 is 5.01. The van der Waals surface area contributed by atoms with Crippen LogP contribution < -0.4 is 15.4 Å². The molecule has 0 saturated heterocycles. The number of hydrogen-bond acceptors (Lipinski definition) is 6. The van der Waals surface area contributed by atoms with Crippen LogP contribution >= 0.6 is 11.6 Å². The van der Waals surface area contributed by atoms with Crippen molar-refractivity contribution in [3.8, 4) is 6.01 Å². The van der Waals surface area contributed by atoms with Gasteiger partial charge in [0.05, 0.1) is 17.8 Å². The molecule has 0 fully saturated rings. The lowest BCUT2D eigenvalue weighted by Crippen LogP contribution is -2.05. The van der Waals surface area contributed by atoms with Crippen molar-refractivity contribution in [2.45, 2.75) is 6.92 Å². The highest BCUT2D eigenvalue weighted by atomic mass is 35.5. The molecule has 6 nitrogen and oxygen atoms in total. The van der Waals surface area contributed by atoms with Gasteiger partial charge in [-0.2, -0.15) is 15.0 Å². The van der Waals surface area contributed by atoms with Gasteiger partial charge in [-0.1, -0.05) is 17.7 Å². The van der Waals surface area contributed by atoms with Crippen LogP contribution in [-0.2, 0) is 0 Å². The van der Waals surface area contributed by atoms with E-state index in [1.165, 1.54) is 7.11 Å². The first kappa shape index (κ1) is 13.4. The highest BCUT2D eigenvalue weighted by Gasteiger charge is 2.08. The lowest BCUT2D eigenvalue weighted by atomic mass is 10.2. The Kier molecular flexibility index (Phi) is 4.01. The minimum atomic E-state index is 0.227. The molecule has 2 N–H and O–H groups in total. The molecule has 100 valence electrons. The number of aromatic nitrogens is 3. The minimum absolute atomic E-state index is 0.227. The molecule has 0 saturated carbocycles. The molecule has 0 unspecified atom stereocenters. The Hall–Kier alpha value is -2.08. The van der Waals surface area contributed by atoms with Crippen molar-refractivity contribution in [2.75, 3.05) is 24.8 Å². The lowest BCUT2D eigenvalue weighted by Gasteiger charge is -2.09. The van der Waals surface area contributed by atoms with E-state index in [4.69, 9.17) is 16.3 Å². The maximum atomic E-state index is 6.11. The van der Waals surface area contributed by atoms with E-state index >= 15 is 0 Å². The Labute approximate surface area is 116 Å². The maximum Gasteiger partial charge on any atom is 0.322 e. The van der Waals surface area contributed by atoms with E-state index in [1.54, 1.807) is 7.05 Å². The minimum Gasteiger partial charge on any atom is -0.467 e. The molecule has 0 aliphatic carbocycles. The fourth-order valence-corrected chi connectivity index (χ4v) is 1.64. The zero-order chi connectivity index (χ0) is 13.8. The van der Waals surface area contributed by atoms with Crippen molar-refractivity contribution < 1.29 is 4.74 Å². The number of halogens is 1. The average Bonchev–Trinajstić information content (AvgIpc) is 2.42. The second-order valence-corrected chi connectivity index (χ2v) is 4.23. The van der Waals surface area contributed by atoms with Crippen molar-refractivity contribution in [2.24, 2.45) is 0 Å². The highest BCUT2D eigenvalue weighted by molar-refractivity contribution is 6.33. The van der Waals surface area contributed by atoms with E-state index in [2.05, 4.69) is 25.6 Å². The van der Waals surface area contributed by atoms with E-state index in [0.717, 1.165) is 11.3 Å². The zero-order valence-corrected chi connectivity index (χ0v) is 11.6. The standard InChI is InChI=1S/C12H14ClN5O/c1-7-4-5-8(13)9(6-7)15-11-16-10(14-2)17-12(18-11)19-3/h4-6H,1-3H3,(H2,14,15,16,17,18). The molecule has 1 aromatic heterocycles. The number of rotatable bonds is 4. The number of methoxy groups -OCH3 is 1. The number of benzene rings is 1. The van der Waals surface area contributed by atoms with Crippen LogP contribution in [0, 0.1) is 6.92 Å². The molecule has 0 bridgehead atoms. The van der Waals surface area contributed by atoms with Crippen molar-refractivity contribution in [1.82, 2.24) is 15.0 Å². The molecular weight excluding hydrogens is 266 g/mol. The van der Waals surface area contributed by atoms with Crippen LogP contribution in [0.1, 0.15) is 5.56 Å². The summed E-state index contributed by atoms with van der Waals surface area (Å²) in [5.74, 6) is 0.779. The monoisotopic (exact) mass is 279 g/mol. The highest BCUT2D eigenvalue weighted by Crippen LogP contribution is 2.25. The van der Waals surface area contributed by atoms with Crippen LogP contribution in [0.3, 0.4) is 0 Å². The molecule has 0 radical (unpaired) electrons. The quantitative estimate of drug-likeness (QED) is 0.896. The molecule has 0 spiro atoms. The summed E-state index contributed by atoms with van der Waals surface area (Å²) in [6, 6.07) is 5.89. The molecule has 1 heterocycles. The van der Waals surface area contributed by atoms with Crippen LogP contribution in [0.25, 0.3) is 0 Å². The van der Waals surface area contributed by atoms with Gasteiger partial charge in [-0.05, 0) is 24.6 Å².